The molecule has 2 heteroatoms. The second-order valence-corrected chi connectivity index (χ2v) is 9.78. The number of hydrogen-bond donors (Lipinski definition) is 1. The number of unbranched alkanes of at least 4 members (excludes halogenated alkanes) is 2. The van der Waals surface area contributed by atoms with Gasteiger partial charge >= 0.3 is 0 Å². The third-order valence-electron chi connectivity index (χ3n) is 5.23. The Bertz CT molecular complexity index is 1130. The van der Waals surface area contributed by atoms with E-state index in [0.717, 1.165) is 60.2 Å². The van der Waals surface area contributed by atoms with Gasteiger partial charge in [0.1, 0.15) is 0 Å². The van der Waals surface area contributed by atoms with Gasteiger partial charge in [0, 0.05) is 46.8 Å². The van der Waals surface area contributed by atoms with E-state index in [0.29, 0.717) is 17.8 Å². The smallest absolute Gasteiger partial charge is 0.0389 e. The van der Waals surface area contributed by atoms with Gasteiger partial charge in [0.05, 0.1) is 0 Å². The minimum atomic E-state index is 0.315. The lowest BCUT2D eigenvalue weighted by Crippen LogP contribution is -1.99. The summed E-state index contributed by atoms with van der Waals surface area (Å²) in [7, 11) is 0. The molecule has 2 nitrogen and oxygen atoms in total. The van der Waals surface area contributed by atoms with Crippen molar-refractivity contribution >= 4 is 6.21 Å². The van der Waals surface area contributed by atoms with Crippen molar-refractivity contribution in [1.82, 2.24) is 0 Å². The van der Waals surface area contributed by atoms with E-state index in [4.69, 9.17) is 5.73 Å². The van der Waals surface area contributed by atoms with Gasteiger partial charge in [0.15, 0.2) is 0 Å². The molecule has 0 radical (unpaired) electrons. The van der Waals surface area contributed by atoms with Crippen LogP contribution in [0.3, 0.4) is 0 Å². The zero-order chi connectivity index (χ0) is 25.6. The van der Waals surface area contributed by atoms with Gasteiger partial charge < -0.3 is 5.73 Å². The van der Waals surface area contributed by atoms with Crippen molar-refractivity contribution in [3.8, 4) is 35.5 Å². The summed E-state index contributed by atoms with van der Waals surface area (Å²) in [4.78, 5) is 4.66. The lowest BCUT2D eigenvalue weighted by molar-refractivity contribution is 0.696. The van der Waals surface area contributed by atoms with Crippen LogP contribution in [-0.2, 0) is 0 Å². The third-order valence-corrected chi connectivity index (χ3v) is 5.23. The first-order valence-corrected chi connectivity index (χ1v) is 12.8. The Hall–Kier alpha value is -3.25. The van der Waals surface area contributed by atoms with E-state index in [1.807, 2.05) is 6.21 Å². The fraction of sp³-hybridized carbons (Fsp3) is 0.424. The van der Waals surface area contributed by atoms with Crippen LogP contribution < -0.4 is 5.73 Å². The average Bonchev–Trinajstić information content (AvgIpc) is 2.82. The molecule has 0 atom stereocenters. The number of benzene rings is 2. The van der Waals surface area contributed by atoms with Crippen molar-refractivity contribution in [3.63, 3.8) is 0 Å². The summed E-state index contributed by atoms with van der Waals surface area (Å²) in [5.74, 6) is 20.8. The molecular formula is C33H40N2. The minimum absolute atomic E-state index is 0.315. The third kappa shape index (κ3) is 10.7. The zero-order valence-corrected chi connectivity index (χ0v) is 22.3. The maximum absolute atomic E-state index is 5.58. The molecule has 2 rings (SSSR count). The number of aliphatic imine (C=N–C) groups is 1. The van der Waals surface area contributed by atoms with Crippen molar-refractivity contribution in [2.75, 3.05) is 13.1 Å². The number of nitrogens with two attached hydrogens (primary N) is 1. The molecule has 0 unspecified atom stereocenters. The molecule has 35 heavy (non-hydrogen) atoms. The molecule has 0 aromatic heterocycles. The van der Waals surface area contributed by atoms with Crippen molar-refractivity contribution in [2.24, 2.45) is 22.6 Å². The fourth-order valence-corrected chi connectivity index (χ4v) is 3.42. The van der Waals surface area contributed by atoms with E-state index in [1.54, 1.807) is 0 Å². The van der Waals surface area contributed by atoms with Crippen LogP contribution in [0.5, 0.6) is 0 Å². The fourth-order valence-electron chi connectivity index (χ4n) is 3.42. The molecule has 0 bridgehead atoms. The molecule has 0 amide bonds. The highest BCUT2D eigenvalue weighted by molar-refractivity contribution is 5.83. The first-order chi connectivity index (χ1) is 16.8. The van der Waals surface area contributed by atoms with Gasteiger partial charge in [-0.2, -0.15) is 0 Å². The van der Waals surface area contributed by atoms with Crippen LogP contribution in [0.15, 0.2) is 41.4 Å². The van der Waals surface area contributed by atoms with Gasteiger partial charge in [-0.1, -0.05) is 89.6 Å². The topological polar surface area (TPSA) is 38.4 Å². The molecule has 0 heterocycles. The van der Waals surface area contributed by atoms with Crippen molar-refractivity contribution < 1.29 is 0 Å². The molecule has 0 saturated carbocycles. The van der Waals surface area contributed by atoms with Gasteiger partial charge in [0.2, 0.25) is 0 Å². The lowest BCUT2D eigenvalue weighted by Gasteiger charge is -2.10. The van der Waals surface area contributed by atoms with Crippen molar-refractivity contribution in [2.45, 2.75) is 66.7 Å². The van der Waals surface area contributed by atoms with Crippen LogP contribution in [0.4, 0.5) is 0 Å². The van der Waals surface area contributed by atoms with Gasteiger partial charge in [-0.15, -0.1) is 0 Å². The van der Waals surface area contributed by atoms with Crippen molar-refractivity contribution in [3.05, 3.63) is 69.8 Å². The van der Waals surface area contributed by atoms with Crippen LogP contribution in [0.2, 0.25) is 0 Å². The Balaban J connectivity index is 2.36. The Kier molecular flexibility index (Phi) is 11.9. The average molecular weight is 465 g/mol. The van der Waals surface area contributed by atoms with Crippen LogP contribution in [0.25, 0.3) is 0 Å². The second-order valence-electron chi connectivity index (χ2n) is 9.78. The summed E-state index contributed by atoms with van der Waals surface area (Å²) in [5, 5.41) is 0. The molecule has 0 fully saturated rings. The molecule has 0 aliphatic heterocycles. The molecule has 0 spiro atoms. The normalized spacial score (nSPS) is 10.7. The summed E-state index contributed by atoms with van der Waals surface area (Å²) < 4.78 is 0. The maximum Gasteiger partial charge on any atom is 0.0389 e. The zero-order valence-electron chi connectivity index (χ0n) is 22.3. The summed E-state index contributed by atoms with van der Waals surface area (Å²) in [6.45, 7) is 14.4. The largest absolute Gasteiger partial charge is 0.330 e. The standard InChI is InChI=1S/C33H40N2/c1-25(2)10-12-29-20-30(13-11-26(3)4)22-31(21-29)15-14-28-16-17-33(27(5)6)32(23-28)24-35-19-9-7-8-18-34/h16-17,20-27H,7-9,18-19,34H2,1-6H3. The number of nitrogens with zero attached hydrogens (tertiary/aromatic N) is 1. The van der Waals surface area contributed by atoms with Crippen LogP contribution in [0.1, 0.15) is 100 Å². The summed E-state index contributed by atoms with van der Waals surface area (Å²) >= 11 is 0. The Labute approximate surface area is 213 Å². The molecule has 2 aromatic rings. The molecule has 0 aliphatic carbocycles. The predicted molar refractivity (Wildman–Crippen MR) is 152 cm³/mol. The second kappa shape index (κ2) is 14.9. The summed E-state index contributed by atoms with van der Waals surface area (Å²) in [6.07, 6.45) is 5.26. The van der Waals surface area contributed by atoms with E-state index in [-0.39, 0.29) is 0 Å². The molecular weight excluding hydrogens is 424 g/mol. The first-order valence-electron chi connectivity index (χ1n) is 12.8. The number of hydrogen-bond acceptors (Lipinski definition) is 2. The van der Waals surface area contributed by atoms with Gasteiger partial charge in [0.25, 0.3) is 0 Å². The molecule has 2 aromatic carbocycles. The monoisotopic (exact) mass is 464 g/mol. The molecule has 0 saturated heterocycles. The first kappa shape index (κ1) is 28.0. The number of rotatable bonds is 7. The van der Waals surface area contributed by atoms with E-state index < -0.39 is 0 Å². The Morgan fingerprint density at radius 3 is 1.83 bits per heavy atom. The van der Waals surface area contributed by atoms with Crippen LogP contribution >= 0.6 is 0 Å². The van der Waals surface area contributed by atoms with E-state index in [9.17, 15) is 0 Å². The molecule has 2 N–H and O–H groups in total. The summed E-state index contributed by atoms with van der Waals surface area (Å²) in [5.41, 5.74) is 11.8. The van der Waals surface area contributed by atoms with Crippen LogP contribution in [0, 0.1) is 47.4 Å². The molecule has 182 valence electrons. The van der Waals surface area contributed by atoms with E-state index in [2.05, 4.69) is 118 Å². The SMILES string of the molecule is CC(C)C#Cc1cc(C#Cc2ccc(C(C)C)c(C=NCCCCCN)c2)cc(C#CC(C)C)c1. The lowest BCUT2D eigenvalue weighted by atomic mass is 9.95. The quantitative estimate of drug-likeness (QED) is 0.274. The van der Waals surface area contributed by atoms with E-state index in [1.165, 1.54) is 5.56 Å². The highest BCUT2D eigenvalue weighted by Crippen LogP contribution is 2.20. The Morgan fingerprint density at radius 2 is 1.29 bits per heavy atom. The van der Waals surface area contributed by atoms with Gasteiger partial charge in [-0.05, 0) is 66.8 Å². The van der Waals surface area contributed by atoms with Crippen molar-refractivity contribution in [1.29, 1.82) is 0 Å². The minimum Gasteiger partial charge on any atom is -0.330 e. The summed E-state index contributed by atoms with van der Waals surface area (Å²) in [6, 6.07) is 12.6. The molecule has 0 aliphatic rings. The Morgan fingerprint density at radius 1 is 0.714 bits per heavy atom. The highest BCUT2D eigenvalue weighted by Gasteiger charge is 2.06. The van der Waals surface area contributed by atoms with Gasteiger partial charge in [-0.25, -0.2) is 0 Å². The highest BCUT2D eigenvalue weighted by atomic mass is 14.7. The maximum atomic E-state index is 5.58. The van der Waals surface area contributed by atoms with E-state index >= 15 is 0 Å². The van der Waals surface area contributed by atoms with Gasteiger partial charge in [-0.3, -0.25) is 4.99 Å². The predicted octanol–water partition coefficient (Wildman–Crippen LogP) is 6.77. The van der Waals surface area contributed by atoms with Crippen LogP contribution in [-0.4, -0.2) is 19.3 Å².